The summed E-state index contributed by atoms with van der Waals surface area (Å²) in [6.07, 6.45) is 0. The number of para-hydroxylation sites is 1. The predicted octanol–water partition coefficient (Wildman–Crippen LogP) is 2.36. The van der Waals surface area contributed by atoms with Crippen molar-refractivity contribution in [2.75, 3.05) is 13.2 Å². The molecule has 0 aliphatic carbocycles. The van der Waals surface area contributed by atoms with Crippen LogP contribution in [0.2, 0.25) is 0 Å². The average Bonchev–Trinajstić information content (AvgIpc) is 3.11. The Kier molecular flexibility index (Phi) is 3.34. The Morgan fingerprint density at radius 2 is 1.88 bits per heavy atom. The maximum atomic E-state index is 12.4. The SMILES string of the molecule is C=C1c2ccccc2C(=O)N1CC(=O)NC1COc2ccccc21. The third kappa shape index (κ3) is 2.25. The molecule has 2 aromatic carbocycles. The second-order valence-electron chi connectivity index (χ2n) is 5.85. The number of carbonyl (C=O) groups excluding carboxylic acids is 2. The zero-order valence-electron chi connectivity index (χ0n) is 13.0. The average molecular weight is 320 g/mol. The van der Waals surface area contributed by atoms with E-state index in [0.717, 1.165) is 16.9 Å². The molecule has 0 bridgehead atoms. The van der Waals surface area contributed by atoms with Gasteiger partial charge in [0.25, 0.3) is 5.91 Å². The van der Waals surface area contributed by atoms with Gasteiger partial charge in [0, 0.05) is 22.4 Å². The van der Waals surface area contributed by atoms with Gasteiger partial charge in [0.15, 0.2) is 0 Å². The predicted molar refractivity (Wildman–Crippen MR) is 89.3 cm³/mol. The minimum Gasteiger partial charge on any atom is -0.491 e. The molecule has 0 saturated heterocycles. The first-order chi connectivity index (χ1) is 11.6. The number of amides is 2. The molecule has 1 atom stereocenters. The van der Waals surface area contributed by atoms with E-state index in [2.05, 4.69) is 11.9 Å². The molecule has 2 aliphatic rings. The molecule has 2 aromatic rings. The molecule has 24 heavy (non-hydrogen) atoms. The van der Waals surface area contributed by atoms with E-state index in [4.69, 9.17) is 4.74 Å². The quantitative estimate of drug-likeness (QED) is 0.944. The lowest BCUT2D eigenvalue weighted by Gasteiger charge is -2.19. The molecule has 2 aliphatic heterocycles. The van der Waals surface area contributed by atoms with Gasteiger partial charge in [-0.15, -0.1) is 0 Å². The summed E-state index contributed by atoms with van der Waals surface area (Å²) in [5, 5.41) is 2.93. The topological polar surface area (TPSA) is 58.6 Å². The Hall–Kier alpha value is -3.08. The fourth-order valence-corrected chi connectivity index (χ4v) is 3.17. The minimum absolute atomic E-state index is 0.0506. The highest BCUT2D eigenvalue weighted by Crippen LogP contribution is 2.33. The summed E-state index contributed by atoms with van der Waals surface area (Å²) in [6, 6.07) is 14.7. The van der Waals surface area contributed by atoms with E-state index in [1.165, 1.54) is 4.90 Å². The van der Waals surface area contributed by atoms with Gasteiger partial charge >= 0.3 is 0 Å². The Morgan fingerprint density at radius 3 is 2.67 bits per heavy atom. The van der Waals surface area contributed by atoms with E-state index in [9.17, 15) is 9.59 Å². The van der Waals surface area contributed by atoms with E-state index < -0.39 is 0 Å². The van der Waals surface area contributed by atoms with Crippen LogP contribution in [0, 0.1) is 0 Å². The van der Waals surface area contributed by atoms with Gasteiger partial charge in [-0.05, 0) is 12.1 Å². The lowest BCUT2D eigenvalue weighted by molar-refractivity contribution is -0.122. The monoisotopic (exact) mass is 320 g/mol. The van der Waals surface area contributed by atoms with E-state index in [0.29, 0.717) is 17.9 Å². The van der Waals surface area contributed by atoms with Gasteiger partial charge in [0.05, 0.1) is 6.04 Å². The van der Waals surface area contributed by atoms with Gasteiger partial charge in [-0.25, -0.2) is 0 Å². The number of carbonyl (C=O) groups is 2. The summed E-state index contributed by atoms with van der Waals surface area (Å²) in [7, 11) is 0. The van der Waals surface area contributed by atoms with Crippen molar-refractivity contribution >= 4 is 17.5 Å². The summed E-state index contributed by atoms with van der Waals surface area (Å²) in [6.45, 7) is 4.30. The largest absolute Gasteiger partial charge is 0.491 e. The smallest absolute Gasteiger partial charge is 0.259 e. The van der Waals surface area contributed by atoms with E-state index in [1.54, 1.807) is 12.1 Å². The van der Waals surface area contributed by atoms with Crippen molar-refractivity contribution in [2.24, 2.45) is 0 Å². The summed E-state index contributed by atoms with van der Waals surface area (Å²) in [4.78, 5) is 26.3. The molecule has 0 saturated carbocycles. The van der Waals surface area contributed by atoms with Crippen LogP contribution in [0.1, 0.15) is 27.5 Å². The lowest BCUT2D eigenvalue weighted by Crippen LogP contribution is -2.39. The van der Waals surface area contributed by atoms with Crippen molar-refractivity contribution in [3.8, 4) is 5.75 Å². The van der Waals surface area contributed by atoms with Crippen molar-refractivity contribution in [1.82, 2.24) is 10.2 Å². The third-order valence-electron chi connectivity index (χ3n) is 4.38. The number of fused-ring (bicyclic) bond motifs is 2. The number of hydrogen-bond acceptors (Lipinski definition) is 3. The molecule has 1 N–H and O–H groups in total. The van der Waals surface area contributed by atoms with Crippen LogP contribution in [0.4, 0.5) is 0 Å². The molecule has 2 heterocycles. The van der Waals surface area contributed by atoms with Crippen LogP contribution < -0.4 is 10.1 Å². The van der Waals surface area contributed by atoms with Crippen molar-refractivity contribution in [3.63, 3.8) is 0 Å². The summed E-state index contributed by atoms with van der Waals surface area (Å²) < 4.78 is 5.56. The van der Waals surface area contributed by atoms with E-state index in [1.807, 2.05) is 36.4 Å². The highest BCUT2D eigenvalue weighted by molar-refractivity contribution is 6.10. The van der Waals surface area contributed by atoms with Gasteiger partial charge < -0.3 is 10.1 Å². The first kappa shape index (κ1) is 14.5. The zero-order valence-corrected chi connectivity index (χ0v) is 13.0. The maximum Gasteiger partial charge on any atom is 0.259 e. The fraction of sp³-hybridized carbons (Fsp3) is 0.158. The number of nitrogens with zero attached hydrogens (tertiary/aromatic N) is 1. The van der Waals surface area contributed by atoms with Crippen LogP contribution in [-0.4, -0.2) is 29.9 Å². The van der Waals surface area contributed by atoms with Gasteiger partial charge in [-0.3, -0.25) is 14.5 Å². The van der Waals surface area contributed by atoms with Crippen LogP contribution in [-0.2, 0) is 4.79 Å². The van der Waals surface area contributed by atoms with Crippen molar-refractivity contribution in [1.29, 1.82) is 0 Å². The number of ether oxygens (including phenoxy) is 1. The maximum absolute atomic E-state index is 12.4. The molecule has 0 spiro atoms. The molecule has 4 rings (SSSR count). The molecular formula is C19H16N2O3. The van der Waals surface area contributed by atoms with E-state index in [-0.39, 0.29) is 24.4 Å². The van der Waals surface area contributed by atoms with Gasteiger partial charge in [-0.2, -0.15) is 0 Å². The Labute approximate surface area is 139 Å². The summed E-state index contributed by atoms with van der Waals surface area (Å²) in [5.74, 6) is 0.369. The van der Waals surface area contributed by atoms with Gasteiger partial charge in [0.2, 0.25) is 5.91 Å². The highest BCUT2D eigenvalue weighted by atomic mass is 16.5. The highest BCUT2D eigenvalue weighted by Gasteiger charge is 2.33. The van der Waals surface area contributed by atoms with E-state index >= 15 is 0 Å². The van der Waals surface area contributed by atoms with Gasteiger partial charge in [-0.1, -0.05) is 43.0 Å². The minimum atomic E-state index is -0.234. The molecule has 5 nitrogen and oxygen atoms in total. The van der Waals surface area contributed by atoms with Crippen molar-refractivity contribution in [2.45, 2.75) is 6.04 Å². The molecule has 1 unspecified atom stereocenters. The third-order valence-corrected chi connectivity index (χ3v) is 4.38. The first-order valence-electron chi connectivity index (χ1n) is 7.76. The molecule has 2 amide bonds. The number of rotatable bonds is 3. The Morgan fingerprint density at radius 1 is 1.17 bits per heavy atom. The standard InChI is InChI=1S/C19H16N2O3/c1-12-13-6-2-3-7-14(13)19(23)21(12)10-18(22)20-16-11-24-17-9-5-4-8-15(16)17/h2-9,16H,1,10-11H2,(H,20,22). The molecule has 5 heteroatoms. The second kappa shape index (κ2) is 5.53. The van der Waals surface area contributed by atoms with Crippen LogP contribution in [0.3, 0.4) is 0 Å². The Bertz CT molecular complexity index is 824. The number of benzene rings is 2. The van der Waals surface area contributed by atoms with Crippen LogP contribution >= 0.6 is 0 Å². The number of hydrogen-bond donors (Lipinski definition) is 1. The Balaban J connectivity index is 1.47. The first-order valence-corrected chi connectivity index (χ1v) is 7.76. The fourth-order valence-electron chi connectivity index (χ4n) is 3.17. The van der Waals surface area contributed by atoms with Crippen molar-refractivity contribution < 1.29 is 14.3 Å². The molecular weight excluding hydrogens is 304 g/mol. The van der Waals surface area contributed by atoms with Gasteiger partial charge in [0.1, 0.15) is 18.9 Å². The molecule has 0 radical (unpaired) electrons. The van der Waals surface area contributed by atoms with Crippen molar-refractivity contribution in [3.05, 3.63) is 71.8 Å². The molecule has 0 aromatic heterocycles. The molecule has 120 valence electrons. The lowest BCUT2D eigenvalue weighted by atomic mass is 10.1. The second-order valence-corrected chi connectivity index (χ2v) is 5.85. The number of nitrogens with one attached hydrogen (secondary N) is 1. The van der Waals surface area contributed by atoms with Crippen LogP contribution in [0.25, 0.3) is 5.70 Å². The zero-order chi connectivity index (χ0) is 16.7. The van der Waals surface area contributed by atoms with Crippen LogP contribution in [0.5, 0.6) is 5.75 Å². The summed E-state index contributed by atoms with van der Waals surface area (Å²) >= 11 is 0. The normalized spacial score (nSPS) is 18.2. The molecule has 0 fully saturated rings. The van der Waals surface area contributed by atoms with Crippen LogP contribution in [0.15, 0.2) is 55.1 Å². The summed E-state index contributed by atoms with van der Waals surface area (Å²) in [5.41, 5.74) is 2.89.